The van der Waals surface area contributed by atoms with Crippen LogP contribution in [0.4, 0.5) is 0 Å². The van der Waals surface area contributed by atoms with Crippen LogP contribution >= 0.6 is 39.9 Å². The number of ketones is 1. The Kier molecular flexibility index (Phi) is 6.94. The number of Topliss-reactive ketones (excluding diaryl/α,β-unsaturated/α-hetero) is 1. The lowest BCUT2D eigenvalue weighted by Gasteiger charge is -2.11. The molecule has 3 nitrogen and oxygen atoms in total. The van der Waals surface area contributed by atoms with Gasteiger partial charge in [0.1, 0.15) is 17.6 Å². The number of hydrogen-bond acceptors (Lipinski definition) is 5. The second-order valence-corrected chi connectivity index (χ2v) is 8.09. The van der Waals surface area contributed by atoms with E-state index in [0.717, 1.165) is 10.0 Å². The van der Waals surface area contributed by atoms with Crippen molar-refractivity contribution in [2.75, 3.05) is 0 Å². The number of thioether (sulfide) groups is 1. The van der Waals surface area contributed by atoms with Crippen molar-refractivity contribution in [1.29, 1.82) is 5.26 Å². The molecule has 0 saturated heterocycles. The fraction of sp³-hybridized carbons (Fsp3) is 0.105. The molecule has 0 radical (unpaired) electrons. The van der Waals surface area contributed by atoms with Crippen molar-refractivity contribution in [2.24, 2.45) is 0 Å². The molecule has 0 unspecified atom stereocenters. The first-order valence-electron chi connectivity index (χ1n) is 7.28. The lowest BCUT2D eigenvalue weighted by Crippen LogP contribution is -1.96. The second kappa shape index (κ2) is 8.95. The van der Waals surface area contributed by atoms with E-state index in [0.29, 0.717) is 26.2 Å². The normalized spacial score (nSPS) is 10.9. The molecule has 0 aromatic heterocycles. The standard InChI is InChI=1S/C19H14BrNO2S2/c1-12(22)19(25-13(2)24)10-15-9-16(20)7-8-18(15)23-17-6-4-3-5-14(17)11-21/h3-10H,1-2H3/b19-10-. The summed E-state index contributed by atoms with van der Waals surface area (Å²) >= 11 is 9.78. The summed E-state index contributed by atoms with van der Waals surface area (Å²) < 4.78 is 7.45. The molecule has 0 saturated carbocycles. The minimum Gasteiger partial charge on any atom is -0.455 e. The van der Waals surface area contributed by atoms with Crippen LogP contribution in [0.5, 0.6) is 11.5 Å². The molecule has 0 atom stereocenters. The van der Waals surface area contributed by atoms with Crippen molar-refractivity contribution >= 4 is 56.0 Å². The van der Waals surface area contributed by atoms with Crippen molar-refractivity contribution < 1.29 is 9.53 Å². The molecule has 0 spiro atoms. The third-order valence-electron chi connectivity index (χ3n) is 3.09. The number of halogens is 1. The van der Waals surface area contributed by atoms with Gasteiger partial charge in [0.15, 0.2) is 5.78 Å². The molecule has 0 aliphatic heterocycles. The van der Waals surface area contributed by atoms with E-state index in [2.05, 4.69) is 22.0 Å². The molecule has 0 bridgehead atoms. The van der Waals surface area contributed by atoms with E-state index in [4.69, 9.17) is 17.0 Å². The predicted octanol–water partition coefficient (Wildman–Crippen LogP) is 6.12. The number of ether oxygens (including phenoxy) is 1. The quantitative estimate of drug-likeness (QED) is 0.421. The van der Waals surface area contributed by atoms with E-state index in [-0.39, 0.29) is 5.78 Å². The van der Waals surface area contributed by atoms with Crippen molar-refractivity contribution in [1.82, 2.24) is 0 Å². The fourth-order valence-electron chi connectivity index (χ4n) is 1.99. The van der Waals surface area contributed by atoms with Crippen molar-refractivity contribution in [2.45, 2.75) is 13.8 Å². The molecule has 0 fully saturated rings. The first-order chi connectivity index (χ1) is 11.9. The number of hydrogen-bond donors (Lipinski definition) is 0. The van der Waals surface area contributed by atoms with Gasteiger partial charge >= 0.3 is 0 Å². The third kappa shape index (κ3) is 5.53. The lowest BCUT2D eigenvalue weighted by molar-refractivity contribution is -0.112. The molecular formula is C19H14BrNO2S2. The number of thiocarbonyl (C=S) groups is 1. The SMILES string of the molecule is CC(=O)/C(=C/c1cc(Br)ccc1Oc1ccccc1C#N)SC(C)=S. The Morgan fingerprint density at radius 1 is 1.24 bits per heavy atom. The van der Waals surface area contributed by atoms with Gasteiger partial charge in [0.25, 0.3) is 0 Å². The molecular weight excluding hydrogens is 418 g/mol. The highest BCUT2D eigenvalue weighted by Gasteiger charge is 2.11. The Labute approximate surface area is 164 Å². The average molecular weight is 432 g/mol. The topological polar surface area (TPSA) is 50.1 Å². The Bertz CT molecular complexity index is 901. The van der Waals surface area contributed by atoms with Crippen LogP contribution < -0.4 is 4.74 Å². The van der Waals surface area contributed by atoms with E-state index in [1.165, 1.54) is 18.7 Å². The maximum Gasteiger partial charge on any atom is 0.166 e. The summed E-state index contributed by atoms with van der Waals surface area (Å²) in [6, 6.07) is 14.6. The summed E-state index contributed by atoms with van der Waals surface area (Å²) in [5.41, 5.74) is 1.16. The number of allylic oxidation sites excluding steroid dienone is 1. The molecule has 6 heteroatoms. The number of rotatable bonds is 5. The van der Waals surface area contributed by atoms with Crippen LogP contribution in [0.3, 0.4) is 0 Å². The van der Waals surface area contributed by atoms with Gasteiger partial charge in [-0.05, 0) is 50.3 Å². The van der Waals surface area contributed by atoms with E-state index in [9.17, 15) is 10.1 Å². The highest BCUT2D eigenvalue weighted by molar-refractivity contribution is 9.10. The summed E-state index contributed by atoms with van der Waals surface area (Å²) in [5.74, 6) is 0.940. The Morgan fingerprint density at radius 2 is 1.96 bits per heavy atom. The zero-order valence-electron chi connectivity index (χ0n) is 13.6. The molecule has 2 rings (SSSR count). The van der Waals surface area contributed by atoms with Gasteiger partial charge in [0.2, 0.25) is 0 Å². The molecule has 2 aromatic rings. The maximum absolute atomic E-state index is 11.9. The smallest absolute Gasteiger partial charge is 0.166 e. The molecule has 0 aliphatic rings. The Morgan fingerprint density at radius 3 is 2.60 bits per heavy atom. The predicted molar refractivity (Wildman–Crippen MR) is 110 cm³/mol. The maximum atomic E-state index is 11.9. The summed E-state index contributed by atoms with van der Waals surface area (Å²) in [6.07, 6.45) is 1.75. The van der Waals surface area contributed by atoms with Gasteiger partial charge in [-0.1, -0.05) is 52.0 Å². The molecule has 25 heavy (non-hydrogen) atoms. The van der Waals surface area contributed by atoms with Crippen LogP contribution in [-0.2, 0) is 4.79 Å². The average Bonchev–Trinajstić information content (AvgIpc) is 2.56. The largest absolute Gasteiger partial charge is 0.455 e. The van der Waals surface area contributed by atoms with E-state index in [1.807, 2.05) is 12.1 Å². The molecule has 0 aliphatic carbocycles. The van der Waals surface area contributed by atoms with Crippen LogP contribution in [-0.4, -0.2) is 9.98 Å². The zero-order chi connectivity index (χ0) is 18.4. The summed E-state index contributed by atoms with van der Waals surface area (Å²) in [5, 5.41) is 9.22. The van der Waals surface area contributed by atoms with E-state index in [1.54, 1.807) is 43.3 Å². The van der Waals surface area contributed by atoms with Crippen LogP contribution in [0.15, 0.2) is 51.8 Å². The van der Waals surface area contributed by atoms with E-state index < -0.39 is 0 Å². The number of carbonyl (C=O) groups excluding carboxylic acids is 1. The highest BCUT2D eigenvalue weighted by Crippen LogP contribution is 2.33. The minimum absolute atomic E-state index is 0.0717. The van der Waals surface area contributed by atoms with Gasteiger partial charge in [-0.2, -0.15) is 5.26 Å². The van der Waals surface area contributed by atoms with Gasteiger partial charge in [0.05, 0.1) is 10.5 Å². The van der Waals surface area contributed by atoms with Gasteiger partial charge < -0.3 is 4.74 Å². The number of nitriles is 1. The Hall–Kier alpha value is -1.94. The first-order valence-corrected chi connectivity index (χ1v) is 9.30. The lowest BCUT2D eigenvalue weighted by atomic mass is 10.1. The number of benzene rings is 2. The van der Waals surface area contributed by atoms with Gasteiger partial charge in [-0.15, -0.1) is 0 Å². The number of nitrogens with zero attached hydrogens (tertiary/aromatic N) is 1. The van der Waals surface area contributed by atoms with Gasteiger partial charge in [0, 0.05) is 14.2 Å². The summed E-state index contributed by atoms with van der Waals surface area (Å²) in [6.45, 7) is 3.28. The van der Waals surface area contributed by atoms with Crippen LogP contribution in [0, 0.1) is 11.3 Å². The van der Waals surface area contributed by atoms with Crippen molar-refractivity contribution in [3.63, 3.8) is 0 Å². The molecule has 0 amide bonds. The first kappa shape index (κ1) is 19.4. The molecule has 0 N–H and O–H groups in total. The van der Waals surface area contributed by atoms with Crippen LogP contribution in [0.1, 0.15) is 25.0 Å². The monoisotopic (exact) mass is 431 g/mol. The minimum atomic E-state index is -0.0717. The molecule has 0 heterocycles. The summed E-state index contributed by atoms with van der Waals surface area (Å²) in [7, 11) is 0. The number of carbonyl (C=O) groups is 1. The van der Waals surface area contributed by atoms with E-state index >= 15 is 0 Å². The fourth-order valence-corrected chi connectivity index (χ4v) is 3.28. The van der Waals surface area contributed by atoms with Crippen molar-refractivity contribution in [3.8, 4) is 17.6 Å². The Balaban J connectivity index is 2.49. The third-order valence-corrected chi connectivity index (χ3v) is 4.74. The second-order valence-electron chi connectivity index (χ2n) is 5.05. The van der Waals surface area contributed by atoms with Crippen LogP contribution in [0.2, 0.25) is 0 Å². The highest BCUT2D eigenvalue weighted by atomic mass is 79.9. The molecule has 2 aromatic carbocycles. The van der Waals surface area contributed by atoms with Gasteiger partial charge in [-0.3, -0.25) is 4.79 Å². The van der Waals surface area contributed by atoms with Crippen molar-refractivity contribution in [3.05, 3.63) is 63.0 Å². The molecule has 126 valence electrons. The number of para-hydroxylation sites is 1. The zero-order valence-corrected chi connectivity index (χ0v) is 16.8. The van der Waals surface area contributed by atoms with Crippen LogP contribution in [0.25, 0.3) is 6.08 Å². The summed E-state index contributed by atoms with van der Waals surface area (Å²) in [4.78, 5) is 12.4. The van der Waals surface area contributed by atoms with Gasteiger partial charge in [-0.25, -0.2) is 0 Å².